The van der Waals surface area contributed by atoms with Crippen molar-refractivity contribution in [3.63, 3.8) is 0 Å². The van der Waals surface area contributed by atoms with Crippen molar-refractivity contribution < 1.29 is 24.2 Å². The topological polar surface area (TPSA) is 98.7 Å². The molecule has 0 fully saturated rings. The second-order valence-corrected chi connectivity index (χ2v) is 3.63. The maximum Gasteiger partial charge on any atom is 0.328 e. The van der Waals surface area contributed by atoms with E-state index in [2.05, 4.69) is 5.32 Å². The summed E-state index contributed by atoms with van der Waals surface area (Å²) in [5.41, 5.74) is 0.858. The number of aliphatic hydroxyl groups excluding tert-OH is 1. The highest BCUT2D eigenvalue weighted by molar-refractivity contribution is 5.92. The van der Waals surface area contributed by atoms with E-state index in [4.69, 9.17) is 10.2 Å². The fourth-order valence-corrected chi connectivity index (χ4v) is 1.23. The van der Waals surface area contributed by atoms with Gasteiger partial charge in [0.2, 0.25) is 0 Å². The normalized spacial score (nSPS) is 11.7. The van der Waals surface area contributed by atoms with Crippen LogP contribution in [-0.4, -0.2) is 34.9 Å². The standard InChI is InChI=1S/C11H13FN2O4/c1-6-2-3-7(12)4-8(6)13-11(18)14-9(5-15)10(16)17/h2-4,9,15H,5H2,1H3,(H,16,17)(H2,13,14,18). The summed E-state index contributed by atoms with van der Waals surface area (Å²) >= 11 is 0. The van der Waals surface area contributed by atoms with E-state index in [1.807, 2.05) is 5.32 Å². The van der Waals surface area contributed by atoms with Gasteiger partial charge in [0.25, 0.3) is 0 Å². The van der Waals surface area contributed by atoms with Crippen LogP contribution < -0.4 is 10.6 Å². The number of carbonyl (C=O) groups excluding carboxylic acids is 1. The number of benzene rings is 1. The average Bonchev–Trinajstić information content (AvgIpc) is 2.30. The van der Waals surface area contributed by atoms with Crippen molar-refractivity contribution >= 4 is 17.7 Å². The first-order valence-electron chi connectivity index (χ1n) is 5.11. The Morgan fingerprint density at radius 1 is 1.44 bits per heavy atom. The number of hydrogen-bond donors (Lipinski definition) is 4. The monoisotopic (exact) mass is 256 g/mol. The second-order valence-electron chi connectivity index (χ2n) is 3.63. The Balaban J connectivity index is 2.70. The molecule has 1 atom stereocenters. The Kier molecular flexibility index (Phi) is 4.61. The van der Waals surface area contributed by atoms with E-state index in [1.165, 1.54) is 12.1 Å². The molecule has 2 amide bonds. The smallest absolute Gasteiger partial charge is 0.328 e. The molecule has 4 N–H and O–H groups in total. The summed E-state index contributed by atoms with van der Waals surface area (Å²) in [7, 11) is 0. The van der Waals surface area contributed by atoms with Crippen molar-refractivity contribution in [2.45, 2.75) is 13.0 Å². The Morgan fingerprint density at radius 3 is 2.67 bits per heavy atom. The van der Waals surface area contributed by atoms with E-state index < -0.39 is 30.5 Å². The molecule has 1 aromatic rings. The number of urea groups is 1. The molecule has 6 nitrogen and oxygen atoms in total. The van der Waals surface area contributed by atoms with Crippen LogP contribution in [0.3, 0.4) is 0 Å². The largest absolute Gasteiger partial charge is 0.480 e. The molecule has 0 aliphatic heterocycles. The molecule has 0 aliphatic carbocycles. The Morgan fingerprint density at radius 2 is 2.11 bits per heavy atom. The molecule has 1 unspecified atom stereocenters. The molecule has 0 bridgehead atoms. The molecule has 0 heterocycles. The summed E-state index contributed by atoms with van der Waals surface area (Å²) in [6, 6.07) is 1.60. The van der Waals surface area contributed by atoms with Gasteiger partial charge in [-0.2, -0.15) is 0 Å². The maximum absolute atomic E-state index is 12.9. The Labute approximate surface area is 102 Å². The molecule has 0 saturated heterocycles. The zero-order valence-corrected chi connectivity index (χ0v) is 9.61. The number of aliphatic carboxylic acids is 1. The minimum Gasteiger partial charge on any atom is -0.480 e. The lowest BCUT2D eigenvalue weighted by atomic mass is 10.2. The number of rotatable bonds is 4. The van der Waals surface area contributed by atoms with E-state index in [9.17, 15) is 14.0 Å². The summed E-state index contributed by atoms with van der Waals surface area (Å²) in [6.45, 7) is 0.931. The first-order valence-corrected chi connectivity index (χ1v) is 5.11. The average molecular weight is 256 g/mol. The Hall–Kier alpha value is -2.15. The van der Waals surface area contributed by atoms with Crippen molar-refractivity contribution in [2.75, 3.05) is 11.9 Å². The number of halogens is 1. The van der Waals surface area contributed by atoms with Gasteiger partial charge >= 0.3 is 12.0 Å². The number of carbonyl (C=O) groups is 2. The number of aliphatic hydroxyl groups is 1. The molecular weight excluding hydrogens is 243 g/mol. The van der Waals surface area contributed by atoms with Crippen LogP contribution in [-0.2, 0) is 4.79 Å². The summed E-state index contributed by atoms with van der Waals surface area (Å²) in [5.74, 6) is -1.88. The summed E-state index contributed by atoms with van der Waals surface area (Å²) in [5, 5.41) is 21.7. The SMILES string of the molecule is Cc1ccc(F)cc1NC(=O)NC(CO)C(=O)O. The third-order valence-electron chi connectivity index (χ3n) is 2.23. The quantitative estimate of drug-likeness (QED) is 0.637. The predicted octanol–water partition coefficient (Wildman–Crippen LogP) is 0.701. The van der Waals surface area contributed by atoms with E-state index >= 15 is 0 Å². The van der Waals surface area contributed by atoms with Crippen LogP contribution >= 0.6 is 0 Å². The molecule has 0 spiro atoms. The van der Waals surface area contributed by atoms with Gasteiger partial charge in [0.15, 0.2) is 6.04 Å². The highest BCUT2D eigenvalue weighted by Crippen LogP contribution is 2.15. The minimum atomic E-state index is -1.40. The van der Waals surface area contributed by atoms with Crippen molar-refractivity contribution in [1.82, 2.24) is 5.32 Å². The first-order chi connectivity index (χ1) is 8.43. The van der Waals surface area contributed by atoms with Gasteiger partial charge in [-0.1, -0.05) is 6.07 Å². The zero-order valence-electron chi connectivity index (χ0n) is 9.61. The number of aryl methyl sites for hydroxylation is 1. The maximum atomic E-state index is 12.9. The van der Waals surface area contributed by atoms with Gasteiger partial charge in [0, 0.05) is 5.69 Å². The van der Waals surface area contributed by atoms with Gasteiger partial charge in [-0.05, 0) is 24.6 Å². The van der Waals surface area contributed by atoms with Gasteiger partial charge < -0.3 is 20.8 Å². The molecule has 0 radical (unpaired) electrons. The highest BCUT2D eigenvalue weighted by atomic mass is 19.1. The molecule has 1 aromatic carbocycles. The molecule has 98 valence electrons. The molecule has 7 heteroatoms. The molecule has 0 aliphatic rings. The number of carboxylic acid groups (broad SMARTS) is 1. The van der Waals surface area contributed by atoms with E-state index in [1.54, 1.807) is 6.92 Å². The van der Waals surface area contributed by atoms with E-state index in [0.717, 1.165) is 6.07 Å². The number of anilines is 1. The number of carboxylic acids is 1. The molecule has 1 rings (SSSR count). The lowest BCUT2D eigenvalue weighted by Gasteiger charge is -2.13. The minimum absolute atomic E-state index is 0.231. The van der Waals surface area contributed by atoms with Crippen LogP contribution in [0.1, 0.15) is 5.56 Å². The Bertz CT molecular complexity index is 464. The van der Waals surface area contributed by atoms with Crippen molar-refractivity contribution in [2.24, 2.45) is 0 Å². The summed E-state index contributed by atoms with van der Waals surface area (Å²) in [6.07, 6.45) is 0. The lowest BCUT2D eigenvalue weighted by molar-refractivity contribution is -0.140. The van der Waals surface area contributed by atoms with Gasteiger partial charge in [0.05, 0.1) is 6.61 Å². The van der Waals surface area contributed by atoms with Gasteiger partial charge in [-0.15, -0.1) is 0 Å². The van der Waals surface area contributed by atoms with Gasteiger partial charge in [0.1, 0.15) is 5.82 Å². The fraction of sp³-hybridized carbons (Fsp3) is 0.273. The van der Waals surface area contributed by atoms with Crippen LogP contribution in [0.5, 0.6) is 0 Å². The summed E-state index contributed by atoms with van der Waals surface area (Å²) < 4.78 is 12.9. The highest BCUT2D eigenvalue weighted by Gasteiger charge is 2.18. The number of amides is 2. The van der Waals surface area contributed by atoms with Crippen LogP contribution in [0.25, 0.3) is 0 Å². The lowest BCUT2D eigenvalue weighted by Crippen LogP contribution is -2.45. The van der Waals surface area contributed by atoms with Crippen LogP contribution in [0.4, 0.5) is 14.9 Å². The molecule has 18 heavy (non-hydrogen) atoms. The number of nitrogens with one attached hydrogen (secondary N) is 2. The van der Waals surface area contributed by atoms with Crippen LogP contribution in [0.2, 0.25) is 0 Å². The van der Waals surface area contributed by atoms with Crippen LogP contribution in [0, 0.1) is 12.7 Å². The predicted molar refractivity (Wildman–Crippen MR) is 61.8 cm³/mol. The third-order valence-corrected chi connectivity index (χ3v) is 2.23. The van der Waals surface area contributed by atoms with E-state index in [-0.39, 0.29) is 5.69 Å². The zero-order chi connectivity index (χ0) is 13.7. The summed E-state index contributed by atoms with van der Waals surface area (Å²) in [4.78, 5) is 22.0. The molecule has 0 aromatic heterocycles. The third kappa shape index (κ3) is 3.70. The number of hydrogen-bond acceptors (Lipinski definition) is 3. The van der Waals surface area contributed by atoms with Crippen molar-refractivity contribution in [3.8, 4) is 0 Å². The van der Waals surface area contributed by atoms with Crippen molar-refractivity contribution in [3.05, 3.63) is 29.6 Å². The van der Waals surface area contributed by atoms with Crippen LogP contribution in [0.15, 0.2) is 18.2 Å². The van der Waals surface area contributed by atoms with Gasteiger partial charge in [-0.3, -0.25) is 0 Å². The fourth-order valence-electron chi connectivity index (χ4n) is 1.23. The van der Waals surface area contributed by atoms with Crippen molar-refractivity contribution in [1.29, 1.82) is 0 Å². The van der Waals surface area contributed by atoms with E-state index in [0.29, 0.717) is 5.56 Å². The molecular formula is C11H13FN2O4. The second kappa shape index (κ2) is 5.97. The first kappa shape index (κ1) is 13.9. The molecule has 0 saturated carbocycles. The van der Waals surface area contributed by atoms with Gasteiger partial charge in [-0.25, -0.2) is 14.0 Å².